The molecule has 276 valence electrons. The molecular weight excluding hydrogens is 713 g/mol. The Labute approximate surface area is 343 Å². The Hall–Kier alpha value is -7.22. The van der Waals surface area contributed by atoms with Gasteiger partial charge in [-0.15, -0.1) is 0 Å². The first kappa shape index (κ1) is 32.8. The molecule has 1 unspecified atom stereocenters. The lowest BCUT2D eigenvalue weighted by molar-refractivity contribution is 0.328. The zero-order valence-electron chi connectivity index (χ0n) is 32.4. The highest BCUT2D eigenvalue weighted by atomic mass is 16.5. The minimum Gasteiger partial charge on any atom is -0.460 e. The van der Waals surface area contributed by atoms with Crippen LogP contribution in [0, 0.1) is 5.92 Å². The molecule has 59 heavy (non-hydrogen) atoms. The van der Waals surface area contributed by atoms with Crippen molar-refractivity contribution < 1.29 is 4.74 Å². The molecule has 1 heterocycles. The standard InChI is InChI=1S/C58H38O/c1-3-19-38(20-4-1)57(39-21-5-2-6-22-39)50-32-16-13-28-46(50)54-44(29-17-33-51(54)57)47-36-53-56(45-27-10-9-24-41(45)47)59-55-40-23-8-7-18-37(40)34-35-52(55)58(53)48-30-14-11-25-42(48)43-26-12-15-31-49(43)58/h1-34,36,52H,35H2. The van der Waals surface area contributed by atoms with Crippen LogP contribution < -0.4 is 15.2 Å². The third kappa shape index (κ3) is 4.14. The van der Waals surface area contributed by atoms with Gasteiger partial charge in [0, 0.05) is 22.1 Å². The van der Waals surface area contributed by atoms with Crippen LogP contribution in [0.1, 0.15) is 45.4 Å². The van der Waals surface area contributed by atoms with Crippen molar-refractivity contribution in [2.75, 3.05) is 0 Å². The molecule has 0 bridgehead atoms. The summed E-state index contributed by atoms with van der Waals surface area (Å²) in [5.74, 6) is 2.11. The van der Waals surface area contributed by atoms with Crippen molar-refractivity contribution in [2.45, 2.75) is 17.3 Å². The van der Waals surface area contributed by atoms with E-state index >= 15 is 0 Å². The highest BCUT2D eigenvalue weighted by molar-refractivity contribution is 6.08. The molecular formula is C58H38O. The second-order valence-corrected chi connectivity index (χ2v) is 16.5. The fraction of sp³-hybridized carbons (Fsp3) is 0.0690. The molecule has 1 nitrogen and oxygen atoms in total. The Kier molecular flexibility index (Phi) is 6.76. The highest BCUT2D eigenvalue weighted by Crippen LogP contribution is 2.65. The van der Waals surface area contributed by atoms with E-state index in [1.165, 1.54) is 88.1 Å². The molecule has 0 saturated carbocycles. The van der Waals surface area contributed by atoms with E-state index in [0.717, 1.165) is 23.3 Å². The first-order valence-electron chi connectivity index (χ1n) is 20.9. The topological polar surface area (TPSA) is 9.23 Å². The summed E-state index contributed by atoms with van der Waals surface area (Å²) >= 11 is 0. The second-order valence-electron chi connectivity index (χ2n) is 16.5. The van der Waals surface area contributed by atoms with Gasteiger partial charge in [0.05, 0.1) is 10.8 Å². The molecule has 0 fully saturated rings. The van der Waals surface area contributed by atoms with Gasteiger partial charge in [-0.05, 0) is 89.9 Å². The average molecular weight is 751 g/mol. The monoisotopic (exact) mass is 750 g/mol. The fourth-order valence-corrected chi connectivity index (χ4v) is 11.9. The van der Waals surface area contributed by atoms with Gasteiger partial charge in [-0.2, -0.15) is 0 Å². The Morgan fingerprint density at radius 1 is 0.407 bits per heavy atom. The quantitative estimate of drug-likeness (QED) is 0.175. The molecule has 1 spiro atoms. The van der Waals surface area contributed by atoms with Crippen LogP contribution in [0.3, 0.4) is 0 Å². The van der Waals surface area contributed by atoms with E-state index < -0.39 is 10.8 Å². The molecule has 1 atom stereocenters. The maximum absolute atomic E-state index is 7.48. The van der Waals surface area contributed by atoms with E-state index in [1.54, 1.807) is 0 Å². The average Bonchev–Trinajstić information content (AvgIpc) is 3.78. The molecule has 0 aromatic heterocycles. The normalized spacial score (nSPS) is 16.7. The highest BCUT2D eigenvalue weighted by Gasteiger charge is 2.56. The summed E-state index contributed by atoms with van der Waals surface area (Å²) in [5.41, 5.74) is 15.8. The van der Waals surface area contributed by atoms with Crippen LogP contribution in [0.4, 0.5) is 0 Å². The Bertz CT molecular complexity index is 3250. The summed E-state index contributed by atoms with van der Waals surface area (Å²) < 4.78 is 7.48. The third-order valence-electron chi connectivity index (χ3n) is 14.0. The van der Waals surface area contributed by atoms with Gasteiger partial charge in [-0.3, -0.25) is 0 Å². The number of benzene rings is 9. The predicted octanol–water partition coefficient (Wildman–Crippen LogP) is 12.2. The van der Waals surface area contributed by atoms with Crippen LogP contribution in [0.2, 0.25) is 0 Å². The second kappa shape index (κ2) is 12.1. The van der Waals surface area contributed by atoms with Crippen LogP contribution in [-0.4, -0.2) is 0 Å². The maximum Gasteiger partial charge on any atom is 0.139 e. The Morgan fingerprint density at radius 2 is 0.949 bits per heavy atom. The van der Waals surface area contributed by atoms with Crippen molar-refractivity contribution in [2.24, 2.45) is 5.92 Å². The number of hydrogen-bond acceptors (Lipinski definition) is 1. The van der Waals surface area contributed by atoms with E-state index in [0.29, 0.717) is 0 Å². The molecule has 13 rings (SSSR count). The lowest BCUT2D eigenvalue weighted by atomic mass is 9.59. The van der Waals surface area contributed by atoms with Crippen LogP contribution >= 0.6 is 0 Å². The van der Waals surface area contributed by atoms with Crippen LogP contribution in [0.25, 0.3) is 56.0 Å². The largest absolute Gasteiger partial charge is 0.460 e. The van der Waals surface area contributed by atoms with Crippen molar-refractivity contribution in [1.82, 2.24) is 0 Å². The molecule has 3 aliphatic carbocycles. The predicted molar refractivity (Wildman–Crippen MR) is 241 cm³/mol. The number of rotatable bonds is 3. The molecule has 0 N–H and O–H groups in total. The number of fused-ring (bicyclic) bond motifs is 15. The SMILES string of the molecule is C1=c2ccccc2=C2Oc3c(cc(-c4cccc5c4-c4ccccc4C5(c4ccccc4)c4ccccc4)c4ccccc34)C3(c4ccccc4-c4ccccc43)C2C1. The molecule has 4 aliphatic rings. The zero-order valence-corrected chi connectivity index (χ0v) is 32.4. The summed E-state index contributed by atoms with van der Waals surface area (Å²) in [4.78, 5) is 0. The Morgan fingerprint density at radius 3 is 1.66 bits per heavy atom. The smallest absolute Gasteiger partial charge is 0.139 e. The van der Waals surface area contributed by atoms with Gasteiger partial charge < -0.3 is 4.74 Å². The minimum absolute atomic E-state index is 0.0646. The summed E-state index contributed by atoms with van der Waals surface area (Å²) in [6.07, 6.45) is 3.32. The molecule has 0 amide bonds. The van der Waals surface area contributed by atoms with Gasteiger partial charge in [0.15, 0.2) is 0 Å². The van der Waals surface area contributed by atoms with Crippen molar-refractivity contribution in [3.63, 3.8) is 0 Å². The minimum atomic E-state index is -0.489. The van der Waals surface area contributed by atoms with Gasteiger partial charge in [0.2, 0.25) is 0 Å². The molecule has 0 radical (unpaired) electrons. The van der Waals surface area contributed by atoms with Gasteiger partial charge in [0.25, 0.3) is 0 Å². The van der Waals surface area contributed by atoms with Gasteiger partial charge in [-0.1, -0.05) is 206 Å². The van der Waals surface area contributed by atoms with Crippen molar-refractivity contribution in [3.8, 4) is 39.1 Å². The summed E-state index contributed by atoms with van der Waals surface area (Å²) in [6, 6.07) is 77.0. The summed E-state index contributed by atoms with van der Waals surface area (Å²) in [7, 11) is 0. The first-order valence-corrected chi connectivity index (χ1v) is 20.9. The molecule has 1 heteroatoms. The van der Waals surface area contributed by atoms with E-state index in [9.17, 15) is 0 Å². The number of hydrogen-bond donors (Lipinski definition) is 0. The third-order valence-corrected chi connectivity index (χ3v) is 14.0. The summed E-state index contributed by atoms with van der Waals surface area (Å²) in [6.45, 7) is 0. The fourth-order valence-electron chi connectivity index (χ4n) is 11.9. The van der Waals surface area contributed by atoms with Gasteiger partial charge >= 0.3 is 0 Å². The summed E-state index contributed by atoms with van der Waals surface area (Å²) in [5, 5.41) is 4.77. The van der Waals surface area contributed by atoms with E-state index in [4.69, 9.17) is 4.74 Å². The maximum atomic E-state index is 7.48. The molecule has 1 aliphatic heterocycles. The van der Waals surface area contributed by atoms with Crippen molar-refractivity contribution in [3.05, 3.63) is 256 Å². The zero-order chi connectivity index (χ0) is 38.7. The molecule has 9 aromatic rings. The van der Waals surface area contributed by atoms with Crippen LogP contribution in [-0.2, 0) is 10.8 Å². The molecule has 0 saturated heterocycles. The van der Waals surface area contributed by atoms with Crippen LogP contribution in [0.5, 0.6) is 5.75 Å². The van der Waals surface area contributed by atoms with E-state index in [1.807, 2.05) is 0 Å². The van der Waals surface area contributed by atoms with Crippen LogP contribution in [0.15, 0.2) is 206 Å². The van der Waals surface area contributed by atoms with Crippen molar-refractivity contribution in [1.29, 1.82) is 0 Å². The number of ether oxygens (including phenoxy) is 1. The Balaban J connectivity index is 1.18. The molecule has 9 aromatic carbocycles. The first-order chi connectivity index (χ1) is 29.3. The van der Waals surface area contributed by atoms with Gasteiger partial charge in [-0.25, -0.2) is 0 Å². The van der Waals surface area contributed by atoms with Crippen molar-refractivity contribution >= 4 is 22.6 Å². The lowest BCUT2D eigenvalue weighted by Crippen LogP contribution is -2.47. The van der Waals surface area contributed by atoms with Gasteiger partial charge in [0.1, 0.15) is 11.5 Å². The lowest BCUT2D eigenvalue weighted by Gasteiger charge is -2.46. The van der Waals surface area contributed by atoms with E-state index in [-0.39, 0.29) is 5.92 Å². The van der Waals surface area contributed by atoms with E-state index in [2.05, 4.69) is 212 Å².